The third-order valence-electron chi connectivity index (χ3n) is 5.79. The highest BCUT2D eigenvalue weighted by atomic mass is 16.6. The number of hydrogen-bond acceptors (Lipinski definition) is 4. The van der Waals surface area contributed by atoms with E-state index in [0.29, 0.717) is 45.4 Å². The molecule has 2 aliphatic heterocycles. The number of carboxylic acid groups (broad SMARTS) is 1. The second-order valence-electron chi connectivity index (χ2n) is 9.29. The Labute approximate surface area is 171 Å². The van der Waals surface area contributed by atoms with Crippen LogP contribution in [-0.4, -0.2) is 58.1 Å². The van der Waals surface area contributed by atoms with E-state index >= 15 is 0 Å². The molecule has 1 fully saturated rings. The molecule has 158 valence electrons. The van der Waals surface area contributed by atoms with Crippen molar-refractivity contribution in [2.45, 2.75) is 59.1 Å². The second-order valence-corrected chi connectivity index (χ2v) is 9.29. The van der Waals surface area contributed by atoms with E-state index in [9.17, 15) is 14.4 Å². The van der Waals surface area contributed by atoms with Gasteiger partial charge < -0.3 is 19.6 Å². The Balaban J connectivity index is 1.62. The fraction of sp³-hybridized carbons (Fsp3) is 0.591. The van der Waals surface area contributed by atoms with Gasteiger partial charge in [0.05, 0.1) is 5.56 Å². The minimum atomic E-state index is -0.935. The van der Waals surface area contributed by atoms with Gasteiger partial charge in [0.15, 0.2) is 0 Å². The monoisotopic (exact) mass is 402 g/mol. The molecule has 0 aromatic heterocycles. The van der Waals surface area contributed by atoms with Crippen molar-refractivity contribution >= 4 is 18.0 Å². The van der Waals surface area contributed by atoms with Gasteiger partial charge in [-0.15, -0.1) is 0 Å². The number of fused-ring (bicyclic) bond motifs is 1. The molecule has 0 bridgehead atoms. The van der Waals surface area contributed by atoms with Crippen molar-refractivity contribution in [1.82, 2.24) is 9.80 Å². The summed E-state index contributed by atoms with van der Waals surface area (Å²) in [4.78, 5) is 40.2. The summed E-state index contributed by atoms with van der Waals surface area (Å²) in [5, 5.41) is 9.15. The zero-order chi connectivity index (χ0) is 21.4. The third-order valence-corrected chi connectivity index (χ3v) is 5.79. The lowest BCUT2D eigenvalue weighted by Gasteiger charge is -2.42. The van der Waals surface area contributed by atoms with Gasteiger partial charge in [-0.2, -0.15) is 0 Å². The first-order chi connectivity index (χ1) is 13.5. The molecular weight excluding hydrogens is 372 g/mol. The Morgan fingerprint density at radius 1 is 1.03 bits per heavy atom. The highest BCUT2D eigenvalue weighted by molar-refractivity contribution is 5.88. The number of likely N-dealkylation sites (tertiary alicyclic amines) is 1. The predicted molar refractivity (Wildman–Crippen MR) is 108 cm³/mol. The van der Waals surface area contributed by atoms with Crippen LogP contribution in [0.4, 0.5) is 4.79 Å². The number of rotatable bonds is 2. The summed E-state index contributed by atoms with van der Waals surface area (Å²) in [7, 11) is 0. The van der Waals surface area contributed by atoms with Crippen LogP contribution in [0.1, 0.15) is 62.0 Å². The molecule has 0 radical (unpaired) electrons. The van der Waals surface area contributed by atoms with E-state index in [4.69, 9.17) is 9.84 Å². The summed E-state index contributed by atoms with van der Waals surface area (Å²) in [5.41, 5.74) is 1.25. The summed E-state index contributed by atoms with van der Waals surface area (Å²) >= 11 is 0. The summed E-state index contributed by atoms with van der Waals surface area (Å²) in [6.45, 7) is 9.60. The van der Waals surface area contributed by atoms with Crippen molar-refractivity contribution in [3.8, 4) is 0 Å². The lowest BCUT2D eigenvalue weighted by molar-refractivity contribution is -0.145. The van der Waals surface area contributed by atoms with E-state index in [1.54, 1.807) is 17.0 Å². The van der Waals surface area contributed by atoms with Gasteiger partial charge in [-0.1, -0.05) is 13.0 Å². The average molecular weight is 402 g/mol. The fourth-order valence-electron chi connectivity index (χ4n) is 3.96. The van der Waals surface area contributed by atoms with Crippen LogP contribution in [0.15, 0.2) is 18.2 Å². The van der Waals surface area contributed by atoms with Gasteiger partial charge in [-0.3, -0.25) is 4.79 Å². The molecule has 1 saturated heterocycles. The van der Waals surface area contributed by atoms with E-state index in [1.165, 1.54) is 0 Å². The molecule has 1 aromatic rings. The Kier molecular flexibility index (Phi) is 5.61. The van der Waals surface area contributed by atoms with Crippen LogP contribution in [0, 0.1) is 5.41 Å². The molecule has 0 unspecified atom stereocenters. The van der Waals surface area contributed by atoms with Crippen LogP contribution in [0.5, 0.6) is 0 Å². The number of nitrogens with zero attached hydrogens (tertiary/aromatic N) is 2. The number of ether oxygens (including phenoxy) is 1. The molecule has 2 heterocycles. The molecule has 1 aromatic carbocycles. The van der Waals surface area contributed by atoms with Crippen LogP contribution in [0.3, 0.4) is 0 Å². The fourth-order valence-corrected chi connectivity index (χ4v) is 3.96. The van der Waals surface area contributed by atoms with E-state index in [1.807, 2.05) is 38.7 Å². The normalized spacial score (nSPS) is 18.8. The van der Waals surface area contributed by atoms with E-state index in [-0.39, 0.29) is 17.6 Å². The number of benzene rings is 1. The Hall–Kier alpha value is -2.57. The molecular formula is C22H30N2O5. The summed E-state index contributed by atoms with van der Waals surface area (Å²) in [5.74, 6) is -0.829. The standard InChI is InChI=1S/C22H30N2O5/c1-21(2,3)29-20(28)23-11-8-22(4,9-12-23)19(27)24-10-7-15-13-16(18(25)26)5-6-17(15)14-24/h5-6,13H,7-12,14H2,1-4H3,(H,25,26). The van der Waals surface area contributed by atoms with Crippen LogP contribution in [-0.2, 0) is 22.5 Å². The number of carboxylic acids is 1. The molecule has 29 heavy (non-hydrogen) atoms. The molecule has 0 atom stereocenters. The molecule has 0 saturated carbocycles. The zero-order valence-corrected chi connectivity index (χ0v) is 17.7. The smallest absolute Gasteiger partial charge is 0.410 e. The molecule has 0 aliphatic carbocycles. The molecule has 0 spiro atoms. The first kappa shape index (κ1) is 21.1. The lowest BCUT2D eigenvalue weighted by Crippen LogP contribution is -2.51. The van der Waals surface area contributed by atoms with Crippen LogP contribution in [0.2, 0.25) is 0 Å². The lowest BCUT2D eigenvalue weighted by atomic mass is 9.78. The average Bonchev–Trinajstić information content (AvgIpc) is 2.65. The summed E-state index contributed by atoms with van der Waals surface area (Å²) < 4.78 is 5.44. The van der Waals surface area contributed by atoms with Crippen LogP contribution >= 0.6 is 0 Å². The Bertz CT molecular complexity index is 819. The van der Waals surface area contributed by atoms with E-state index < -0.39 is 17.0 Å². The molecule has 1 N–H and O–H groups in total. The van der Waals surface area contributed by atoms with Crippen LogP contribution < -0.4 is 0 Å². The van der Waals surface area contributed by atoms with Gasteiger partial charge in [0.25, 0.3) is 0 Å². The quantitative estimate of drug-likeness (QED) is 0.820. The number of carbonyl (C=O) groups excluding carboxylic acids is 2. The first-order valence-electron chi connectivity index (χ1n) is 10.1. The number of piperidine rings is 1. The maximum absolute atomic E-state index is 13.3. The van der Waals surface area contributed by atoms with Gasteiger partial charge in [0, 0.05) is 31.6 Å². The van der Waals surface area contributed by atoms with Crippen molar-refractivity contribution in [2.75, 3.05) is 19.6 Å². The second kappa shape index (κ2) is 7.69. The minimum Gasteiger partial charge on any atom is -0.478 e. The van der Waals surface area contributed by atoms with Gasteiger partial charge in [-0.05, 0) is 63.3 Å². The van der Waals surface area contributed by atoms with Crippen molar-refractivity contribution in [1.29, 1.82) is 0 Å². The number of aromatic carboxylic acids is 1. The summed E-state index contributed by atoms with van der Waals surface area (Å²) in [6.07, 6.45) is 1.54. The van der Waals surface area contributed by atoms with Crippen molar-refractivity contribution in [3.05, 3.63) is 34.9 Å². The number of amides is 2. The maximum Gasteiger partial charge on any atom is 0.410 e. The molecule has 7 nitrogen and oxygen atoms in total. The SMILES string of the molecule is CC(C)(C)OC(=O)N1CCC(C)(C(=O)N2CCc3cc(C(=O)O)ccc3C2)CC1. The largest absolute Gasteiger partial charge is 0.478 e. The molecule has 3 rings (SSSR count). The van der Waals surface area contributed by atoms with Crippen molar-refractivity contribution in [3.63, 3.8) is 0 Å². The topological polar surface area (TPSA) is 87.2 Å². The Morgan fingerprint density at radius 2 is 1.69 bits per heavy atom. The molecule has 2 aliphatic rings. The van der Waals surface area contributed by atoms with Gasteiger partial charge in [0.2, 0.25) is 5.91 Å². The van der Waals surface area contributed by atoms with Gasteiger partial charge in [-0.25, -0.2) is 9.59 Å². The van der Waals surface area contributed by atoms with Gasteiger partial charge >= 0.3 is 12.1 Å². The van der Waals surface area contributed by atoms with E-state index in [2.05, 4.69) is 0 Å². The van der Waals surface area contributed by atoms with Crippen LogP contribution in [0.25, 0.3) is 0 Å². The highest BCUT2D eigenvalue weighted by Gasteiger charge is 2.41. The predicted octanol–water partition coefficient (Wildman–Crippen LogP) is 3.31. The van der Waals surface area contributed by atoms with Crippen molar-refractivity contribution in [2.24, 2.45) is 5.41 Å². The summed E-state index contributed by atoms with van der Waals surface area (Å²) in [6, 6.07) is 5.11. The molecule has 7 heteroatoms. The van der Waals surface area contributed by atoms with Gasteiger partial charge in [0.1, 0.15) is 5.60 Å². The van der Waals surface area contributed by atoms with E-state index in [0.717, 1.165) is 11.1 Å². The van der Waals surface area contributed by atoms with Crippen molar-refractivity contribution < 1.29 is 24.2 Å². The highest BCUT2D eigenvalue weighted by Crippen LogP contribution is 2.35. The number of carbonyl (C=O) groups is 3. The minimum absolute atomic E-state index is 0.106. The number of hydrogen-bond donors (Lipinski definition) is 1. The third kappa shape index (κ3) is 4.71. The zero-order valence-electron chi connectivity index (χ0n) is 17.7. The molecule has 2 amide bonds. The maximum atomic E-state index is 13.3. The Morgan fingerprint density at radius 3 is 2.28 bits per heavy atom. The first-order valence-corrected chi connectivity index (χ1v) is 10.1.